The predicted octanol–water partition coefficient (Wildman–Crippen LogP) is 3.47. The van der Waals surface area contributed by atoms with Crippen LogP contribution in [0.3, 0.4) is 0 Å². The Morgan fingerprint density at radius 1 is 1.30 bits per heavy atom. The minimum absolute atomic E-state index is 0.00915. The molecule has 1 aromatic heterocycles. The Balaban J connectivity index is 1.56. The van der Waals surface area contributed by atoms with Crippen molar-refractivity contribution in [3.63, 3.8) is 0 Å². The molecule has 2 aromatic rings. The molecule has 1 aromatic carbocycles. The molecule has 3 atom stereocenters. The summed E-state index contributed by atoms with van der Waals surface area (Å²) in [6.07, 6.45) is 4.49. The van der Waals surface area contributed by atoms with E-state index in [4.69, 9.17) is 0 Å². The third-order valence-electron chi connectivity index (χ3n) is 6.68. The Labute approximate surface area is 175 Å². The molecule has 1 spiro atoms. The lowest BCUT2D eigenvalue weighted by Gasteiger charge is -2.43. The Morgan fingerprint density at radius 3 is 2.73 bits per heavy atom. The third kappa shape index (κ3) is 3.51. The molecule has 158 valence electrons. The average molecular weight is 411 g/mol. The number of rotatable bonds is 4. The molecule has 0 radical (unpaired) electrons. The second-order valence-corrected chi connectivity index (χ2v) is 8.80. The van der Waals surface area contributed by atoms with Gasteiger partial charge in [0, 0.05) is 18.3 Å². The van der Waals surface area contributed by atoms with E-state index in [-0.39, 0.29) is 36.4 Å². The van der Waals surface area contributed by atoms with Crippen molar-refractivity contribution in [3.05, 3.63) is 53.9 Å². The molecule has 4 rings (SSSR count). The molecule has 0 bridgehead atoms. The fraction of sp³-hybridized carbons (Fsp3) is 0.478. The first kappa shape index (κ1) is 20.6. The van der Waals surface area contributed by atoms with Gasteiger partial charge in [0.15, 0.2) is 5.78 Å². The van der Waals surface area contributed by atoms with Crippen molar-refractivity contribution in [1.82, 2.24) is 9.97 Å². The van der Waals surface area contributed by atoms with Crippen molar-refractivity contribution in [2.75, 3.05) is 11.4 Å². The standard InChI is InChI=1S/C23H26FN3O3/c1-15-25-11-9-19(26-15)20(28)12-16-4-3-10-23(13-16)21(29)27(14-22(23,2)30)18-7-5-17(24)6-8-18/h5-9,11,16,30H,3-4,10,12-14H2,1-2H3. The van der Waals surface area contributed by atoms with Gasteiger partial charge in [-0.25, -0.2) is 14.4 Å². The van der Waals surface area contributed by atoms with Crippen LogP contribution in [0.4, 0.5) is 10.1 Å². The summed E-state index contributed by atoms with van der Waals surface area (Å²) >= 11 is 0. The smallest absolute Gasteiger partial charge is 0.236 e. The van der Waals surface area contributed by atoms with Gasteiger partial charge in [0.1, 0.15) is 17.3 Å². The molecule has 30 heavy (non-hydrogen) atoms. The summed E-state index contributed by atoms with van der Waals surface area (Å²) in [5.41, 5.74) is -1.20. The number of hydrogen-bond donors (Lipinski definition) is 1. The van der Waals surface area contributed by atoms with Gasteiger partial charge < -0.3 is 10.0 Å². The van der Waals surface area contributed by atoms with E-state index >= 15 is 0 Å². The molecule has 2 fully saturated rings. The zero-order chi connectivity index (χ0) is 21.5. The van der Waals surface area contributed by atoms with Gasteiger partial charge in [-0.05, 0) is 69.4 Å². The largest absolute Gasteiger partial charge is 0.387 e. The quantitative estimate of drug-likeness (QED) is 0.779. The number of halogens is 1. The molecule has 1 amide bonds. The van der Waals surface area contributed by atoms with Crippen LogP contribution in [0, 0.1) is 24.1 Å². The number of nitrogens with zero attached hydrogens (tertiary/aromatic N) is 3. The van der Waals surface area contributed by atoms with Crippen LogP contribution in [0.5, 0.6) is 0 Å². The molecule has 1 N–H and O–H groups in total. The van der Waals surface area contributed by atoms with Crippen LogP contribution < -0.4 is 4.90 Å². The van der Waals surface area contributed by atoms with E-state index in [1.165, 1.54) is 12.1 Å². The van der Waals surface area contributed by atoms with Crippen LogP contribution in [-0.2, 0) is 4.79 Å². The maximum absolute atomic E-state index is 13.5. The fourth-order valence-electron chi connectivity index (χ4n) is 5.07. The topological polar surface area (TPSA) is 83.4 Å². The number of carbonyl (C=O) groups is 2. The summed E-state index contributed by atoms with van der Waals surface area (Å²) in [5.74, 6) is -0.0461. The first-order valence-electron chi connectivity index (χ1n) is 10.3. The Kier molecular flexibility index (Phi) is 5.18. The monoisotopic (exact) mass is 411 g/mol. The van der Waals surface area contributed by atoms with Gasteiger partial charge in [-0.15, -0.1) is 0 Å². The number of Topliss-reactive ketones (excluding diaryl/α,β-unsaturated/α-hetero) is 1. The second kappa shape index (κ2) is 7.54. The van der Waals surface area contributed by atoms with Crippen molar-refractivity contribution in [2.24, 2.45) is 11.3 Å². The third-order valence-corrected chi connectivity index (χ3v) is 6.68. The van der Waals surface area contributed by atoms with Gasteiger partial charge in [-0.1, -0.05) is 6.42 Å². The maximum Gasteiger partial charge on any atom is 0.236 e. The normalized spacial score (nSPS) is 28.9. The zero-order valence-corrected chi connectivity index (χ0v) is 17.3. The number of anilines is 1. The molecular weight excluding hydrogens is 385 g/mol. The van der Waals surface area contributed by atoms with E-state index in [0.717, 1.165) is 12.8 Å². The zero-order valence-electron chi connectivity index (χ0n) is 17.3. The van der Waals surface area contributed by atoms with E-state index in [1.54, 1.807) is 43.1 Å². The lowest BCUT2D eigenvalue weighted by atomic mass is 9.61. The van der Waals surface area contributed by atoms with Gasteiger partial charge >= 0.3 is 0 Å². The SMILES string of the molecule is Cc1nccc(C(=O)CC2CCCC3(C2)C(=O)N(c2ccc(F)cc2)CC3(C)O)n1. The van der Waals surface area contributed by atoms with Gasteiger partial charge in [0.05, 0.1) is 17.6 Å². The van der Waals surface area contributed by atoms with Crippen molar-refractivity contribution < 1.29 is 19.1 Å². The first-order valence-corrected chi connectivity index (χ1v) is 10.3. The number of β-amino-alcohol motifs (C(OH)–C–C–N with tert-alkyl or cyclic N) is 1. The Bertz CT molecular complexity index is 976. The molecule has 7 heteroatoms. The van der Waals surface area contributed by atoms with Crippen molar-refractivity contribution in [2.45, 2.75) is 51.6 Å². The average Bonchev–Trinajstić information content (AvgIpc) is 2.89. The van der Waals surface area contributed by atoms with Crippen LogP contribution in [0.2, 0.25) is 0 Å². The fourth-order valence-corrected chi connectivity index (χ4v) is 5.07. The van der Waals surface area contributed by atoms with E-state index < -0.39 is 11.0 Å². The highest BCUT2D eigenvalue weighted by atomic mass is 19.1. The number of benzene rings is 1. The van der Waals surface area contributed by atoms with E-state index in [1.807, 2.05) is 0 Å². The summed E-state index contributed by atoms with van der Waals surface area (Å²) in [5, 5.41) is 11.3. The lowest BCUT2D eigenvalue weighted by molar-refractivity contribution is -0.140. The summed E-state index contributed by atoms with van der Waals surface area (Å²) in [6.45, 7) is 3.60. The van der Waals surface area contributed by atoms with E-state index in [0.29, 0.717) is 30.0 Å². The number of ketones is 1. The highest BCUT2D eigenvalue weighted by molar-refractivity contribution is 6.01. The van der Waals surface area contributed by atoms with Crippen LogP contribution in [-0.4, -0.2) is 38.9 Å². The van der Waals surface area contributed by atoms with Crippen molar-refractivity contribution in [1.29, 1.82) is 0 Å². The van der Waals surface area contributed by atoms with E-state index in [2.05, 4.69) is 9.97 Å². The lowest BCUT2D eigenvalue weighted by Crippen LogP contribution is -2.50. The molecule has 1 aliphatic carbocycles. The molecule has 1 saturated heterocycles. The summed E-state index contributed by atoms with van der Waals surface area (Å²) in [4.78, 5) is 36.0. The number of amides is 1. The molecule has 2 aliphatic rings. The van der Waals surface area contributed by atoms with Crippen LogP contribution in [0.1, 0.15) is 55.3 Å². The number of aryl methyl sites for hydroxylation is 1. The van der Waals surface area contributed by atoms with Crippen molar-refractivity contribution >= 4 is 17.4 Å². The van der Waals surface area contributed by atoms with Crippen LogP contribution >= 0.6 is 0 Å². The number of aromatic nitrogens is 2. The summed E-state index contributed by atoms with van der Waals surface area (Å²) < 4.78 is 13.3. The van der Waals surface area contributed by atoms with Gasteiger partial charge in [-0.2, -0.15) is 0 Å². The number of carbonyl (C=O) groups excluding carboxylic acids is 2. The van der Waals surface area contributed by atoms with Crippen LogP contribution in [0.25, 0.3) is 0 Å². The second-order valence-electron chi connectivity index (χ2n) is 8.80. The minimum Gasteiger partial charge on any atom is -0.387 e. The molecule has 1 aliphatic heterocycles. The highest BCUT2D eigenvalue weighted by Gasteiger charge is 2.62. The molecule has 6 nitrogen and oxygen atoms in total. The first-order chi connectivity index (χ1) is 14.2. The number of aliphatic hydroxyl groups is 1. The minimum atomic E-state index is -1.23. The van der Waals surface area contributed by atoms with Crippen molar-refractivity contribution in [3.8, 4) is 0 Å². The Morgan fingerprint density at radius 2 is 2.03 bits per heavy atom. The number of hydrogen-bond acceptors (Lipinski definition) is 5. The highest BCUT2D eigenvalue weighted by Crippen LogP contribution is 2.53. The van der Waals surface area contributed by atoms with Gasteiger partial charge in [-0.3, -0.25) is 9.59 Å². The van der Waals surface area contributed by atoms with Gasteiger partial charge in [0.2, 0.25) is 5.91 Å². The molecule has 3 unspecified atom stereocenters. The maximum atomic E-state index is 13.5. The van der Waals surface area contributed by atoms with Crippen LogP contribution in [0.15, 0.2) is 36.5 Å². The molecule has 2 heterocycles. The van der Waals surface area contributed by atoms with E-state index in [9.17, 15) is 19.1 Å². The summed E-state index contributed by atoms with van der Waals surface area (Å²) in [6, 6.07) is 7.36. The predicted molar refractivity (Wildman–Crippen MR) is 109 cm³/mol. The van der Waals surface area contributed by atoms with Gasteiger partial charge in [0.25, 0.3) is 0 Å². The molecular formula is C23H26FN3O3. The summed E-state index contributed by atoms with van der Waals surface area (Å²) in [7, 11) is 0. The molecule has 1 saturated carbocycles. The Hall–Kier alpha value is -2.67.